The van der Waals surface area contributed by atoms with E-state index in [0.717, 1.165) is 31.7 Å². The van der Waals surface area contributed by atoms with Crippen LogP contribution >= 0.6 is 0 Å². The van der Waals surface area contributed by atoms with Gasteiger partial charge in [-0.05, 0) is 55.3 Å². The van der Waals surface area contributed by atoms with Crippen molar-refractivity contribution in [2.75, 3.05) is 44.8 Å². The molecular weight excluding hydrogens is 352 g/mol. The lowest BCUT2D eigenvalue weighted by Crippen LogP contribution is -2.48. The Labute approximate surface area is 167 Å². The topological polar surface area (TPSA) is 42.0 Å². The summed E-state index contributed by atoms with van der Waals surface area (Å²) in [5.41, 5.74) is 3.39. The van der Waals surface area contributed by atoms with Crippen molar-refractivity contribution in [1.29, 1.82) is 0 Å². The molecule has 28 heavy (non-hydrogen) atoms. The number of hydrogen-bond acceptors (Lipinski definition) is 4. The normalized spacial score (nSPS) is 14.4. The van der Waals surface area contributed by atoms with Gasteiger partial charge in [-0.2, -0.15) is 0 Å². The smallest absolute Gasteiger partial charge is 0.246 e. The molecule has 0 aromatic heterocycles. The molecule has 1 saturated heterocycles. The lowest BCUT2D eigenvalue weighted by Gasteiger charge is -2.35. The maximum absolute atomic E-state index is 12.6. The Morgan fingerprint density at radius 1 is 1.07 bits per heavy atom. The fourth-order valence-corrected chi connectivity index (χ4v) is 3.35. The van der Waals surface area contributed by atoms with Crippen LogP contribution < -0.4 is 14.4 Å². The second-order valence-electron chi connectivity index (χ2n) is 6.83. The zero-order valence-electron chi connectivity index (χ0n) is 16.9. The number of rotatable bonds is 6. The Morgan fingerprint density at radius 2 is 1.86 bits per heavy atom. The van der Waals surface area contributed by atoms with Crippen molar-refractivity contribution in [2.45, 2.75) is 13.8 Å². The van der Waals surface area contributed by atoms with Crippen molar-refractivity contribution in [3.8, 4) is 11.5 Å². The first-order chi connectivity index (χ1) is 13.6. The number of carbonyl (C=O) groups excluding carboxylic acids is 1. The van der Waals surface area contributed by atoms with Gasteiger partial charge >= 0.3 is 0 Å². The van der Waals surface area contributed by atoms with E-state index in [1.165, 1.54) is 11.3 Å². The average molecular weight is 380 g/mol. The summed E-state index contributed by atoms with van der Waals surface area (Å²) < 4.78 is 10.9. The molecular formula is C23H28N2O3. The van der Waals surface area contributed by atoms with E-state index in [9.17, 15) is 4.79 Å². The standard InChI is InChI=1S/C23H28N2O3/c1-4-28-22-17-19(8-10-21(22)27-3)9-11-23(26)25-14-12-24(13-15-25)20-7-5-6-18(2)16-20/h5-11,16-17H,4,12-15H2,1-3H3/b11-9+. The summed E-state index contributed by atoms with van der Waals surface area (Å²) in [5.74, 6) is 1.42. The highest BCUT2D eigenvalue weighted by atomic mass is 16.5. The zero-order valence-corrected chi connectivity index (χ0v) is 16.9. The Hall–Kier alpha value is -2.95. The van der Waals surface area contributed by atoms with Crippen LogP contribution in [0.15, 0.2) is 48.5 Å². The van der Waals surface area contributed by atoms with Crippen LogP contribution in [0.4, 0.5) is 5.69 Å². The first-order valence-corrected chi connectivity index (χ1v) is 9.70. The largest absolute Gasteiger partial charge is 0.493 e. The molecule has 1 aliphatic rings. The van der Waals surface area contributed by atoms with Crippen LogP contribution in [-0.2, 0) is 4.79 Å². The van der Waals surface area contributed by atoms with Crippen LogP contribution in [0.5, 0.6) is 11.5 Å². The monoisotopic (exact) mass is 380 g/mol. The van der Waals surface area contributed by atoms with Gasteiger partial charge in [0.05, 0.1) is 13.7 Å². The zero-order chi connectivity index (χ0) is 19.9. The number of ether oxygens (including phenoxy) is 2. The fourth-order valence-electron chi connectivity index (χ4n) is 3.35. The maximum Gasteiger partial charge on any atom is 0.246 e. The Kier molecular flexibility index (Phi) is 6.58. The molecule has 1 amide bonds. The molecule has 0 radical (unpaired) electrons. The molecule has 0 bridgehead atoms. The molecule has 3 rings (SSSR count). The van der Waals surface area contributed by atoms with Crippen molar-refractivity contribution in [3.05, 3.63) is 59.7 Å². The number of benzene rings is 2. The van der Waals surface area contributed by atoms with Gasteiger partial charge < -0.3 is 19.3 Å². The van der Waals surface area contributed by atoms with Gasteiger partial charge in [0.15, 0.2) is 11.5 Å². The van der Waals surface area contributed by atoms with Crippen LogP contribution in [0, 0.1) is 6.92 Å². The second-order valence-corrected chi connectivity index (χ2v) is 6.83. The number of piperazine rings is 1. The van der Waals surface area contributed by atoms with Crippen LogP contribution in [0.1, 0.15) is 18.1 Å². The Balaban J connectivity index is 1.59. The van der Waals surface area contributed by atoms with Crippen LogP contribution in [0.3, 0.4) is 0 Å². The van der Waals surface area contributed by atoms with Gasteiger partial charge in [0, 0.05) is 37.9 Å². The summed E-state index contributed by atoms with van der Waals surface area (Å²) in [6, 6.07) is 14.2. The third-order valence-electron chi connectivity index (χ3n) is 4.86. The Morgan fingerprint density at radius 3 is 2.54 bits per heavy atom. The first kappa shape index (κ1) is 19.8. The highest BCUT2D eigenvalue weighted by molar-refractivity contribution is 5.92. The van der Waals surface area contributed by atoms with Crippen LogP contribution in [-0.4, -0.2) is 50.7 Å². The summed E-state index contributed by atoms with van der Waals surface area (Å²) in [4.78, 5) is 16.8. The Bertz CT molecular complexity index is 839. The minimum absolute atomic E-state index is 0.0395. The lowest BCUT2D eigenvalue weighted by atomic mass is 10.1. The molecule has 1 fully saturated rings. The van der Waals surface area contributed by atoms with E-state index < -0.39 is 0 Å². The van der Waals surface area contributed by atoms with Crippen molar-refractivity contribution < 1.29 is 14.3 Å². The molecule has 2 aromatic carbocycles. The van der Waals surface area contributed by atoms with Crippen molar-refractivity contribution in [3.63, 3.8) is 0 Å². The number of methoxy groups -OCH3 is 1. The van der Waals surface area contributed by atoms with Crippen molar-refractivity contribution in [2.24, 2.45) is 0 Å². The summed E-state index contributed by atoms with van der Waals surface area (Å²) in [6.45, 7) is 7.74. The third kappa shape index (κ3) is 4.85. The van der Waals surface area contributed by atoms with Gasteiger partial charge in [0.2, 0.25) is 5.91 Å². The molecule has 0 saturated carbocycles. The van der Waals surface area contributed by atoms with Gasteiger partial charge in [0.1, 0.15) is 0 Å². The van der Waals surface area contributed by atoms with E-state index in [1.807, 2.05) is 36.1 Å². The fraction of sp³-hybridized carbons (Fsp3) is 0.348. The second kappa shape index (κ2) is 9.31. The van der Waals surface area contributed by atoms with Gasteiger partial charge in [-0.25, -0.2) is 0 Å². The first-order valence-electron chi connectivity index (χ1n) is 9.70. The van der Waals surface area contributed by atoms with Crippen molar-refractivity contribution in [1.82, 2.24) is 4.90 Å². The molecule has 5 heteroatoms. The van der Waals surface area contributed by atoms with Crippen LogP contribution in [0.2, 0.25) is 0 Å². The van der Waals surface area contributed by atoms with Crippen LogP contribution in [0.25, 0.3) is 6.08 Å². The minimum atomic E-state index is 0.0395. The molecule has 0 N–H and O–H groups in total. The summed E-state index contributed by atoms with van der Waals surface area (Å²) in [7, 11) is 1.62. The summed E-state index contributed by atoms with van der Waals surface area (Å²) in [6.07, 6.45) is 3.47. The molecule has 1 heterocycles. The lowest BCUT2D eigenvalue weighted by molar-refractivity contribution is -0.126. The average Bonchev–Trinajstić information content (AvgIpc) is 2.72. The van der Waals surface area contributed by atoms with E-state index in [4.69, 9.17) is 9.47 Å². The highest BCUT2D eigenvalue weighted by Gasteiger charge is 2.19. The number of aryl methyl sites for hydroxylation is 1. The molecule has 1 aliphatic heterocycles. The minimum Gasteiger partial charge on any atom is -0.493 e. The quantitative estimate of drug-likeness (QED) is 0.716. The van der Waals surface area contributed by atoms with E-state index in [-0.39, 0.29) is 5.91 Å². The molecule has 0 aliphatic carbocycles. The van der Waals surface area contributed by atoms with E-state index in [2.05, 4.69) is 36.1 Å². The maximum atomic E-state index is 12.6. The molecule has 148 valence electrons. The summed E-state index contributed by atoms with van der Waals surface area (Å²) in [5, 5.41) is 0. The van der Waals surface area contributed by atoms with E-state index >= 15 is 0 Å². The predicted octanol–water partition coefficient (Wildman–Crippen LogP) is 3.76. The number of nitrogens with zero attached hydrogens (tertiary/aromatic N) is 2. The number of amides is 1. The van der Waals surface area contributed by atoms with Crippen molar-refractivity contribution >= 4 is 17.7 Å². The summed E-state index contributed by atoms with van der Waals surface area (Å²) >= 11 is 0. The van der Waals surface area contributed by atoms with Gasteiger partial charge in [-0.3, -0.25) is 4.79 Å². The number of carbonyl (C=O) groups is 1. The molecule has 2 aromatic rings. The predicted molar refractivity (Wildman–Crippen MR) is 113 cm³/mol. The van der Waals surface area contributed by atoms with Gasteiger partial charge in [-0.15, -0.1) is 0 Å². The molecule has 0 spiro atoms. The highest BCUT2D eigenvalue weighted by Crippen LogP contribution is 2.28. The third-order valence-corrected chi connectivity index (χ3v) is 4.86. The van der Waals surface area contributed by atoms with Gasteiger partial charge in [0.25, 0.3) is 0 Å². The van der Waals surface area contributed by atoms with E-state index in [0.29, 0.717) is 18.1 Å². The molecule has 0 atom stereocenters. The number of hydrogen-bond donors (Lipinski definition) is 0. The molecule has 5 nitrogen and oxygen atoms in total. The van der Waals surface area contributed by atoms with Gasteiger partial charge in [-0.1, -0.05) is 18.2 Å². The molecule has 0 unspecified atom stereocenters. The number of anilines is 1. The SMILES string of the molecule is CCOc1cc(/C=C/C(=O)N2CCN(c3cccc(C)c3)CC2)ccc1OC. The van der Waals surface area contributed by atoms with E-state index in [1.54, 1.807) is 13.2 Å².